The Hall–Kier alpha value is -0.210. The third kappa shape index (κ3) is 4.81. The molecule has 108 valence electrons. The van der Waals surface area contributed by atoms with Crippen LogP contribution in [0.3, 0.4) is 0 Å². The van der Waals surface area contributed by atoms with Gasteiger partial charge in [0, 0.05) is 33.2 Å². The smallest absolute Gasteiger partial charge is 0.292 e. The number of rotatable bonds is 7. The van der Waals surface area contributed by atoms with Crippen molar-refractivity contribution in [2.24, 2.45) is 0 Å². The second-order valence-electron chi connectivity index (χ2n) is 4.96. The fourth-order valence-corrected chi connectivity index (χ4v) is 3.73. The normalized spacial score (nSPS) is 22.6. The van der Waals surface area contributed by atoms with Crippen molar-refractivity contribution in [1.82, 2.24) is 19.5 Å². The monoisotopic (exact) mass is 278 g/mol. The van der Waals surface area contributed by atoms with Crippen LogP contribution < -0.4 is 10.1 Å². The summed E-state index contributed by atoms with van der Waals surface area (Å²) in [6.07, 6.45) is 4.05. The third-order valence-corrected chi connectivity index (χ3v) is 4.68. The molecule has 1 aliphatic heterocycles. The molecule has 1 saturated heterocycles. The summed E-state index contributed by atoms with van der Waals surface area (Å²) >= 11 is 0. The molecule has 0 spiro atoms. The van der Waals surface area contributed by atoms with Crippen LogP contribution in [0.1, 0.15) is 32.6 Å². The van der Waals surface area contributed by atoms with Crippen molar-refractivity contribution in [2.45, 2.75) is 38.6 Å². The number of piperidine rings is 1. The maximum atomic E-state index is 12.2. The van der Waals surface area contributed by atoms with E-state index in [0.717, 1.165) is 38.8 Å². The summed E-state index contributed by atoms with van der Waals surface area (Å²) in [5.74, 6) is 0. The van der Waals surface area contributed by atoms with Gasteiger partial charge in [-0.05, 0) is 25.8 Å². The van der Waals surface area contributed by atoms with E-state index in [1.165, 1.54) is 5.01 Å². The van der Waals surface area contributed by atoms with E-state index in [2.05, 4.69) is 17.1 Å². The zero-order valence-electron chi connectivity index (χ0n) is 11.6. The average molecular weight is 278 g/mol. The summed E-state index contributed by atoms with van der Waals surface area (Å²) in [5, 5.41) is 4.79. The maximum Gasteiger partial charge on any atom is 0.292 e. The SMILES string of the molecule is CCCNCC1CCCCN1S(=O)(=O)NN(C)C. The summed E-state index contributed by atoms with van der Waals surface area (Å²) in [6, 6.07) is 0.0720. The Balaban J connectivity index is 2.63. The minimum Gasteiger partial charge on any atom is -0.315 e. The fraction of sp³-hybridized carbons (Fsp3) is 1.00. The predicted molar refractivity (Wildman–Crippen MR) is 73.2 cm³/mol. The summed E-state index contributed by atoms with van der Waals surface area (Å²) in [7, 11) is -0.0270. The summed E-state index contributed by atoms with van der Waals surface area (Å²) in [6.45, 7) is 4.39. The number of nitrogens with zero attached hydrogens (tertiary/aromatic N) is 2. The molecule has 1 rings (SSSR count). The van der Waals surface area contributed by atoms with E-state index in [1.807, 2.05) is 0 Å². The Kier molecular flexibility index (Phi) is 6.51. The Morgan fingerprint density at radius 1 is 1.33 bits per heavy atom. The van der Waals surface area contributed by atoms with Gasteiger partial charge in [-0.1, -0.05) is 13.3 Å². The van der Waals surface area contributed by atoms with Gasteiger partial charge in [0.2, 0.25) is 0 Å². The van der Waals surface area contributed by atoms with E-state index in [4.69, 9.17) is 0 Å². The maximum absolute atomic E-state index is 12.2. The van der Waals surface area contributed by atoms with Gasteiger partial charge in [-0.2, -0.15) is 12.7 Å². The molecule has 0 aliphatic carbocycles. The van der Waals surface area contributed by atoms with Crippen molar-refractivity contribution in [3.63, 3.8) is 0 Å². The van der Waals surface area contributed by atoms with E-state index >= 15 is 0 Å². The largest absolute Gasteiger partial charge is 0.315 e. The number of hydrogen-bond acceptors (Lipinski definition) is 4. The van der Waals surface area contributed by atoms with E-state index in [9.17, 15) is 8.42 Å². The Bertz CT molecular complexity index is 332. The van der Waals surface area contributed by atoms with Crippen molar-refractivity contribution in [1.29, 1.82) is 0 Å². The average Bonchev–Trinajstić information content (AvgIpc) is 2.28. The summed E-state index contributed by atoms with van der Waals surface area (Å²) < 4.78 is 26.0. The molecule has 0 aromatic carbocycles. The fourth-order valence-electron chi connectivity index (χ4n) is 2.22. The number of hydrogen-bond donors (Lipinski definition) is 2. The van der Waals surface area contributed by atoms with Gasteiger partial charge >= 0.3 is 0 Å². The molecule has 0 saturated carbocycles. The molecule has 1 fully saturated rings. The Morgan fingerprint density at radius 2 is 2.06 bits per heavy atom. The first-order valence-corrected chi connectivity index (χ1v) is 8.08. The highest BCUT2D eigenvalue weighted by Crippen LogP contribution is 2.19. The van der Waals surface area contributed by atoms with Gasteiger partial charge in [0.25, 0.3) is 10.2 Å². The second kappa shape index (κ2) is 7.40. The lowest BCUT2D eigenvalue weighted by atomic mass is 10.1. The molecule has 1 heterocycles. The first-order chi connectivity index (χ1) is 8.47. The van der Waals surface area contributed by atoms with E-state index in [0.29, 0.717) is 6.54 Å². The highest BCUT2D eigenvalue weighted by molar-refractivity contribution is 7.87. The van der Waals surface area contributed by atoms with Gasteiger partial charge in [0.15, 0.2) is 0 Å². The molecule has 6 nitrogen and oxygen atoms in total. The van der Waals surface area contributed by atoms with Crippen LogP contribution in [0.5, 0.6) is 0 Å². The van der Waals surface area contributed by atoms with Crippen LogP contribution in [-0.2, 0) is 10.2 Å². The topological polar surface area (TPSA) is 64.7 Å². The molecule has 7 heteroatoms. The van der Waals surface area contributed by atoms with Crippen LogP contribution in [0, 0.1) is 0 Å². The Morgan fingerprint density at radius 3 is 2.67 bits per heavy atom. The van der Waals surface area contributed by atoms with Crippen LogP contribution in [-0.4, -0.2) is 57.5 Å². The van der Waals surface area contributed by atoms with Gasteiger partial charge in [0.1, 0.15) is 0 Å². The van der Waals surface area contributed by atoms with Crippen molar-refractivity contribution in [3.05, 3.63) is 0 Å². The van der Waals surface area contributed by atoms with Crippen LogP contribution in [0.2, 0.25) is 0 Å². The van der Waals surface area contributed by atoms with Crippen molar-refractivity contribution < 1.29 is 8.42 Å². The Labute approximate surface area is 111 Å². The van der Waals surface area contributed by atoms with Crippen LogP contribution in [0.15, 0.2) is 0 Å². The molecule has 1 unspecified atom stereocenters. The second-order valence-corrected chi connectivity index (χ2v) is 6.56. The minimum atomic E-state index is -3.40. The molecule has 18 heavy (non-hydrogen) atoms. The lowest BCUT2D eigenvalue weighted by Crippen LogP contribution is -2.54. The highest BCUT2D eigenvalue weighted by Gasteiger charge is 2.32. The lowest BCUT2D eigenvalue weighted by Gasteiger charge is -2.35. The first kappa shape index (κ1) is 15.8. The molecule has 1 aliphatic rings. The molecular weight excluding hydrogens is 252 g/mol. The van der Waals surface area contributed by atoms with Crippen LogP contribution in [0.4, 0.5) is 0 Å². The zero-order valence-corrected chi connectivity index (χ0v) is 12.5. The quantitative estimate of drug-likeness (QED) is 0.514. The summed E-state index contributed by atoms with van der Waals surface area (Å²) in [4.78, 5) is 2.51. The first-order valence-electron chi connectivity index (χ1n) is 6.64. The van der Waals surface area contributed by atoms with Gasteiger partial charge in [0.05, 0.1) is 0 Å². The predicted octanol–water partition coefficient (Wildman–Crippen LogP) is 0.152. The van der Waals surface area contributed by atoms with Crippen molar-refractivity contribution in [2.75, 3.05) is 33.7 Å². The zero-order chi connectivity index (χ0) is 13.6. The lowest BCUT2D eigenvalue weighted by molar-refractivity contribution is 0.231. The van der Waals surface area contributed by atoms with Gasteiger partial charge in [-0.3, -0.25) is 0 Å². The highest BCUT2D eigenvalue weighted by atomic mass is 32.2. The molecular formula is C11H26N4O2S. The van der Waals surface area contributed by atoms with Crippen molar-refractivity contribution in [3.8, 4) is 0 Å². The van der Waals surface area contributed by atoms with Gasteiger partial charge < -0.3 is 5.32 Å². The van der Waals surface area contributed by atoms with Gasteiger partial charge in [-0.25, -0.2) is 5.01 Å². The van der Waals surface area contributed by atoms with E-state index in [1.54, 1.807) is 18.4 Å². The molecule has 0 bridgehead atoms. The van der Waals surface area contributed by atoms with Crippen LogP contribution in [0.25, 0.3) is 0 Å². The van der Waals surface area contributed by atoms with Crippen molar-refractivity contribution >= 4 is 10.2 Å². The standard InChI is InChI=1S/C11H26N4O2S/c1-4-8-12-10-11-7-5-6-9-15(11)18(16,17)13-14(2)3/h11-13H,4-10H2,1-3H3. The molecule has 1 atom stereocenters. The molecule has 0 aromatic heterocycles. The molecule has 2 N–H and O–H groups in total. The number of hydrazine groups is 1. The van der Waals surface area contributed by atoms with E-state index in [-0.39, 0.29) is 6.04 Å². The van der Waals surface area contributed by atoms with Gasteiger partial charge in [-0.15, -0.1) is 4.83 Å². The van der Waals surface area contributed by atoms with Crippen LogP contribution >= 0.6 is 0 Å². The summed E-state index contributed by atoms with van der Waals surface area (Å²) in [5.41, 5.74) is 0. The third-order valence-electron chi connectivity index (χ3n) is 2.99. The number of nitrogens with one attached hydrogen (secondary N) is 2. The minimum absolute atomic E-state index is 0.0720. The molecule has 0 aromatic rings. The molecule has 0 amide bonds. The van der Waals surface area contributed by atoms with E-state index < -0.39 is 10.2 Å². The molecule has 0 radical (unpaired) electrons.